The van der Waals surface area contributed by atoms with Crippen LogP contribution in [-0.4, -0.2) is 33.3 Å². The summed E-state index contributed by atoms with van der Waals surface area (Å²) < 4.78 is 44.3. The molecule has 3 rings (SSSR count). The van der Waals surface area contributed by atoms with Gasteiger partial charge < -0.3 is 9.08 Å². The van der Waals surface area contributed by atoms with Crippen molar-refractivity contribution in [1.29, 1.82) is 0 Å². The zero-order chi connectivity index (χ0) is 17.5. The SMILES string of the molecule is CN(C)C(=O)c1ccc(-c2cc(F)cc3c2OS(=O)(=O)NC3)cc1. The first kappa shape index (κ1) is 16.4. The van der Waals surface area contributed by atoms with E-state index in [9.17, 15) is 17.6 Å². The molecule has 1 aliphatic heterocycles. The minimum atomic E-state index is -3.91. The molecule has 1 aliphatic rings. The van der Waals surface area contributed by atoms with Crippen molar-refractivity contribution in [3.05, 3.63) is 53.3 Å². The molecule has 0 fully saturated rings. The van der Waals surface area contributed by atoms with Crippen LogP contribution >= 0.6 is 0 Å². The molecule has 0 saturated carbocycles. The second-order valence-corrected chi connectivity index (χ2v) is 6.94. The summed E-state index contributed by atoms with van der Waals surface area (Å²) >= 11 is 0. The molecule has 0 aromatic heterocycles. The van der Waals surface area contributed by atoms with Crippen molar-refractivity contribution in [2.24, 2.45) is 0 Å². The number of nitrogens with one attached hydrogen (secondary N) is 1. The number of carbonyl (C=O) groups is 1. The van der Waals surface area contributed by atoms with Crippen molar-refractivity contribution in [3.8, 4) is 16.9 Å². The van der Waals surface area contributed by atoms with Crippen molar-refractivity contribution in [2.45, 2.75) is 6.54 Å². The highest BCUT2D eigenvalue weighted by Gasteiger charge is 2.26. The lowest BCUT2D eigenvalue weighted by molar-refractivity contribution is 0.0827. The molecule has 1 N–H and O–H groups in total. The van der Waals surface area contributed by atoms with Crippen molar-refractivity contribution < 1.29 is 21.8 Å². The third kappa shape index (κ3) is 3.10. The maximum absolute atomic E-state index is 13.9. The van der Waals surface area contributed by atoms with Gasteiger partial charge in [-0.1, -0.05) is 12.1 Å². The number of benzene rings is 2. The Morgan fingerprint density at radius 1 is 1.21 bits per heavy atom. The predicted octanol–water partition coefficient (Wildman–Crippen LogP) is 1.92. The Balaban J connectivity index is 2.07. The lowest BCUT2D eigenvalue weighted by atomic mass is 9.99. The zero-order valence-corrected chi connectivity index (χ0v) is 13.9. The number of amides is 1. The van der Waals surface area contributed by atoms with E-state index >= 15 is 0 Å². The molecule has 126 valence electrons. The van der Waals surface area contributed by atoms with Crippen molar-refractivity contribution in [2.75, 3.05) is 14.1 Å². The maximum atomic E-state index is 13.9. The van der Waals surface area contributed by atoms with Crippen LogP contribution in [0, 0.1) is 5.82 Å². The van der Waals surface area contributed by atoms with Gasteiger partial charge in [0.05, 0.1) is 0 Å². The number of fused-ring (bicyclic) bond motifs is 1. The summed E-state index contributed by atoms with van der Waals surface area (Å²) in [7, 11) is -0.618. The molecule has 0 radical (unpaired) electrons. The Morgan fingerprint density at radius 3 is 2.50 bits per heavy atom. The monoisotopic (exact) mass is 350 g/mol. The van der Waals surface area contributed by atoms with Crippen LogP contribution < -0.4 is 8.91 Å². The van der Waals surface area contributed by atoms with E-state index in [0.717, 1.165) is 0 Å². The second-order valence-electron chi connectivity index (χ2n) is 5.58. The molecule has 24 heavy (non-hydrogen) atoms. The average Bonchev–Trinajstić information content (AvgIpc) is 2.53. The second kappa shape index (κ2) is 5.88. The molecule has 1 amide bonds. The van der Waals surface area contributed by atoms with Crippen LogP contribution in [0.15, 0.2) is 36.4 Å². The third-order valence-corrected chi connectivity index (χ3v) is 4.50. The summed E-state index contributed by atoms with van der Waals surface area (Å²) in [5, 5.41) is 0. The van der Waals surface area contributed by atoms with Crippen LogP contribution in [0.2, 0.25) is 0 Å². The summed E-state index contributed by atoms with van der Waals surface area (Å²) in [6.07, 6.45) is 0. The number of rotatable bonds is 2. The van der Waals surface area contributed by atoms with Gasteiger partial charge in [-0.25, -0.2) is 4.39 Å². The minimum absolute atomic E-state index is 0.0420. The van der Waals surface area contributed by atoms with Gasteiger partial charge in [0.25, 0.3) is 5.91 Å². The van der Waals surface area contributed by atoms with E-state index in [2.05, 4.69) is 4.72 Å². The van der Waals surface area contributed by atoms with E-state index < -0.39 is 16.1 Å². The normalized spacial score (nSPS) is 15.3. The minimum Gasteiger partial charge on any atom is -0.370 e. The van der Waals surface area contributed by atoms with Crippen LogP contribution in [-0.2, 0) is 16.8 Å². The highest BCUT2D eigenvalue weighted by atomic mass is 32.2. The number of carbonyl (C=O) groups excluding carboxylic acids is 1. The van der Waals surface area contributed by atoms with Gasteiger partial charge in [-0.3, -0.25) is 4.79 Å². The van der Waals surface area contributed by atoms with Gasteiger partial charge in [0, 0.05) is 37.3 Å². The molecule has 0 saturated heterocycles. The number of nitrogens with zero attached hydrogens (tertiary/aromatic N) is 1. The third-order valence-electron chi connectivity index (χ3n) is 3.61. The highest BCUT2D eigenvalue weighted by Crippen LogP contribution is 2.37. The van der Waals surface area contributed by atoms with E-state index in [1.165, 1.54) is 17.0 Å². The Morgan fingerprint density at radius 2 is 1.88 bits per heavy atom. The van der Waals surface area contributed by atoms with Gasteiger partial charge in [-0.15, -0.1) is 0 Å². The first-order chi connectivity index (χ1) is 11.3. The maximum Gasteiger partial charge on any atom is 0.382 e. The van der Waals surface area contributed by atoms with Crippen LogP contribution in [0.5, 0.6) is 5.75 Å². The van der Waals surface area contributed by atoms with Gasteiger partial charge in [0.2, 0.25) is 0 Å². The van der Waals surface area contributed by atoms with Gasteiger partial charge in [0.1, 0.15) is 5.82 Å². The smallest absolute Gasteiger partial charge is 0.370 e. The molecule has 8 heteroatoms. The first-order valence-corrected chi connectivity index (χ1v) is 8.51. The molecule has 2 aromatic carbocycles. The highest BCUT2D eigenvalue weighted by molar-refractivity contribution is 7.85. The van der Waals surface area contributed by atoms with Crippen LogP contribution in [0.3, 0.4) is 0 Å². The Bertz CT molecular complexity index is 908. The van der Waals surface area contributed by atoms with E-state index in [-0.39, 0.29) is 18.2 Å². The zero-order valence-electron chi connectivity index (χ0n) is 13.0. The fourth-order valence-electron chi connectivity index (χ4n) is 2.45. The molecule has 1 heterocycles. The lowest BCUT2D eigenvalue weighted by Crippen LogP contribution is -2.32. The van der Waals surface area contributed by atoms with Crippen molar-refractivity contribution in [3.63, 3.8) is 0 Å². The topological polar surface area (TPSA) is 75.7 Å². The largest absolute Gasteiger partial charge is 0.382 e. The van der Waals surface area contributed by atoms with E-state index in [0.29, 0.717) is 22.3 Å². The average molecular weight is 350 g/mol. The molecule has 0 spiro atoms. The molecule has 0 atom stereocenters. The van der Waals surface area contributed by atoms with Gasteiger partial charge >= 0.3 is 10.3 Å². The lowest BCUT2D eigenvalue weighted by Gasteiger charge is -2.21. The number of hydrogen-bond acceptors (Lipinski definition) is 4. The summed E-state index contributed by atoms with van der Waals surface area (Å²) in [6, 6.07) is 8.90. The van der Waals surface area contributed by atoms with Gasteiger partial charge in [0.15, 0.2) is 5.75 Å². The fraction of sp³-hybridized carbons (Fsp3) is 0.188. The predicted molar refractivity (Wildman–Crippen MR) is 86.2 cm³/mol. The van der Waals surface area contributed by atoms with Gasteiger partial charge in [-0.2, -0.15) is 13.1 Å². The summed E-state index contributed by atoms with van der Waals surface area (Å²) in [6.45, 7) is -0.0420. The summed E-state index contributed by atoms with van der Waals surface area (Å²) in [5.41, 5.74) is 1.76. The molecule has 0 aliphatic carbocycles. The van der Waals surface area contributed by atoms with E-state index in [1.54, 1.807) is 38.4 Å². The van der Waals surface area contributed by atoms with Crippen LogP contribution in [0.25, 0.3) is 11.1 Å². The number of hydrogen-bond donors (Lipinski definition) is 1. The van der Waals surface area contributed by atoms with Crippen molar-refractivity contribution >= 4 is 16.2 Å². The summed E-state index contributed by atoms with van der Waals surface area (Å²) in [5.74, 6) is -0.561. The Hall–Kier alpha value is -2.45. The molecule has 2 aromatic rings. The van der Waals surface area contributed by atoms with E-state index in [4.69, 9.17) is 4.18 Å². The fourth-order valence-corrected chi connectivity index (χ4v) is 3.26. The Kier molecular flexibility index (Phi) is 4.02. The van der Waals surface area contributed by atoms with Crippen LogP contribution in [0.1, 0.15) is 15.9 Å². The number of halogens is 1. The quantitative estimate of drug-likeness (QED) is 0.898. The Labute approximate surface area is 139 Å². The molecular weight excluding hydrogens is 335 g/mol. The van der Waals surface area contributed by atoms with Crippen LogP contribution in [0.4, 0.5) is 4.39 Å². The molecule has 0 unspecified atom stereocenters. The van der Waals surface area contributed by atoms with Gasteiger partial charge in [-0.05, 0) is 29.8 Å². The van der Waals surface area contributed by atoms with Crippen molar-refractivity contribution in [1.82, 2.24) is 9.62 Å². The molecular formula is C16H15FN2O4S. The van der Waals surface area contributed by atoms with E-state index in [1.807, 2.05) is 0 Å². The first-order valence-electron chi connectivity index (χ1n) is 7.10. The standard InChI is InChI=1S/C16H15FN2O4S/c1-19(2)16(20)11-5-3-10(4-6-11)14-8-13(17)7-12-9-18-24(21,22)23-15(12)14/h3-8,18H,9H2,1-2H3. The summed E-state index contributed by atoms with van der Waals surface area (Å²) in [4.78, 5) is 13.4. The molecule has 0 bridgehead atoms. The molecule has 6 nitrogen and oxygen atoms in total.